The average molecular weight is 265 g/mol. The van der Waals surface area contributed by atoms with E-state index in [2.05, 4.69) is 23.4 Å². The summed E-state index contributed by atoms with van der Waals surface area (Å²) in [6.07, 6.45) is 4.53. The van der Waals surface area contributed by atoms with Crippen LogP contribution in [0.25, 0.3) is 5.52 Å². The van der Waals surface area contributed by atoms with Gasteiger partial charge in [0.05, 0.1) is 23.0 Å². The molecule has 3 rings (SSSR count). The highest BCUT2D eigenvalue weighted by atomic mass is 15.2. The summed E-state index contributed by atoms with van der Waals surface area (Å²) < 4.78 is 1.77. The van der Waals surface area contributed by atoms with Crippen LogP contribution in [0, 0.1) is 17.2 Å². The van der Waals surface area contributed by atoms with Gasteiger partial charge >= 0.3 is 0 Å². The molecular weight excluding hydrogens is 249 g/mol. The van der Waals surface area contributed by atoms with Gasteiger partial charge in [-0.05, 0) is 31.0 Å². The van der Waals surface area contributed by atoms with Crippen LogP contribution in [-0.4, -0.2) is 41.5 Å². The minimum atomic E-state index is 0.238. The molecule has 2 radical (unpaired) electrons. The maximum absolute atomic E-state index is 9.29. The van der Waals surface area contributed by atoms with Crippen LogP contribution in [0.1, 0.15) is 18.9 Å². The van der Waals surface area contributed by atoms with Gasteiger partial charge in [-0.1, -0.05) is 6.92 Å². The van der Waals surface area contributed by atoms with E-state index in [1.54, 1.807) is 10.7 Å². The van der Waals surface area contributed by atoms with Crippen LogP contribution in [0.5, 0.6) is 0 Å². The molecule has 2 aromatic heterocycles. The number of anilines is 1. The van der Waals surface area contributed by atoms with Gasteiger partial charge in [0.1, 0.15) is 6.07 Å². The molecule has 3 heterocycles. The lowest BCUT2D eigenvalue weighted by Crippen LogP contribution is -2.45. The summed E-state index contributed by atoms with van der Waals surface area (Å²) >= 11 is 0. The van der Waals surface area contributed by atoms with Crippen molar-refractivity contribution < 1.29 is 0 Å². The van der Waals surface area contributed by atoms with Crippen molar-refractivity contribution in [3.63, 3.8) is 0 Å². The first-order chi connectivity index (χ1) is 9.69. The topological polar surface area (TPSA) is 56.4 Å². The van der Waals surface area contributed by atoms with Crippen LogP contribution < -0.4 is 5.32 Å². The van der Waals surface area contributed by atoms with Gasteiger partial charge in [-0.3, -0.25) is 0 Å². The third-order valence-electron chi connectivity index (χ3n) is 4.00. The van der Waals surface area contributed by atoms with Crippen molar-refractivity contribution in [1.82, 2.24) is 14.4 Å². The van der Waals surface area contributed by atoms with Gasteiger partial charge in [-0.25, -0.2) is 4.52 Å². The number of hydrogen-bond acceptors (Lipinski definition) is 4. The molecule has 1 N–H and O–H groups in total. The number of rotatable bonds is 2. The van der Waals surface area contributed by atoms with E-state index in [1.165, 1.54) is 0 Å². The van der Waals surface area contributed by atoms with Gasteiger partial charge in [0.15, 0.2) is 7.98 Å². The van der Waals surface area contributed by atoms with E-state index in [-0.39, 0.29) is 6.04 Å². The Morgan fingerprint density at radius 2 is 2.40 bits per heavy atom. The molecule has 2 aromatic rings. The number of nitriles is 1. The van der Waals surface area contributed by atoms with Crippen molar-refractivity contribution in [2.75, 3.05) is 18.4 Å². The minimum absolute atomic E-state index is 0.238. The molecule has 0 aromatic carbocycles. The van der Waals surface area contributed by atoms with Crippen molar-refractivity contribution >= 4 is 19.2 Å². The lowest BCUT2D eigenvalue weighted by molar-refractivity contribution is 0.274. The maximum Gasteiger partial charge on any atom is 0.182 e. The Kier molecular flexibility index (Phi) is 3.37. The minimum Gasteiger partial charge on any atom is -0.378 e. The van der Waals surface area contributed by atoms with Crippen molar-refractivity contribution in [2.24, 2.45) is 5.92 Å². The molecular formula is C14H16BN5. The molecule has 0 aliphatic carbocycles. The Morgan fingerprint density at radius 1 is 1.55 bits per heavy atom. The SMILES string of the molecule is [B]N1CCC(C)C(Nc2c(C#N)cnn3cccc23)C1. The summed E-state index contributed by atoms with van der Waals surface area (Å²) in [6, 6.07) is 6.33. The Bertz CT molecular complexity index is 659. The Morgan fingerprint density at radius 3 is 3.20 bits per heavy atom. The molecule has 0 bridgehead atoms. The molecule has 2 atom stereocenters. The van der Waals surface area contributed by atoms with Crippen molar-refractivity contribution in [1.29, 1.82) is 5.26 Å². The summed E-state index contributed by atoms with van der Waals surface area (Å²) in [7, 11) is 5.91. The maximum atomic E-state index is 9.29. The molecule has 20 heavy (non-hydrogen) atoms. The highest BCUT2D eigenvalue weighted by Crippen LogP contribution is 2.26. The third kappa shape index (κ3) is 2.25. The molecule has 100 valence electrons. The smallest absolute Gasteiger partial charge is 0.182 e. The predicted molar refractivity (Wildman–Crippen MR) is 78.4 cm³/mol. The van der Waals surface area contributed by atoms with Crippen LogP contribution in [0.3, 0.4) is 0 Å². The first-order valence-corrected chi connectivity index (χ1v) is 6.81. The molecule has 1 aliphatic rings. The number of piperidine rings is 1. The van der Waals surface area contributed by atoms with Crippen LogP contribution >= 0.6 is 0 Å². The summed E-state index contributed by atoms with van der Waals surface area (Å²) in [5.74, 6) is 0.518. The Hall–Kier alpha value is -2.00. The van der Waals surface area contributed by atoms with Gasteiger partial charge in [0.2, 0.25) is 0 Å². The Balaban J connectivity index is 1.97. The van der Waals surface area contributed by atoms with E-state index in [0.717, 1.165) is 30.7 Å². The molecule has 1 aliphatic heterocycles. The van der Waals surface area contributed by atoms with Gasteiger partial charge in [-0.15, -0.1) is 0 Å². The molecule has 6 heteroatoms. The van der Waals surface area contributed by atoms with Gasteiger partial charge < -0.3 is 10.1 Å². The van der Waals surface area contributed by atoms with Crippen LogP contribution in [0.4, 0.5) is 5.69 Å². The monoisotopic (exact) mass is 265 g/mol. The van der Waals surface area contributed by atoms with Gasteiger partial charge in [0, 0.05) is 18.8 Å². The number of nitrogens with zero attached hydrogens (tertiary/aromatic N) is 4. The normalized spacial score (nSPS) is 23.6. The summed E-state index contributed by atoms with van der Waals surface area (Å²) in [5.41, 5.74) is 2.34. The largest absolute Gasteiger partial charge is 0.378 e. The van der Waals surface area contributed by atoms with Crippen molar-refractivity contribution in [3.8, 4) is 6.07 Å². The molecule has 0 amide bonds. The summed E-state index contributed by atoms with van der Waals surface area (Å²) in [5, 5.41) is 17.0. The molecule has 0 spiro atoms. The first-order valence-electron chi connectivity index (χ1n) is 6.81. The van der Waals surface area contributed by atoms with Gasteiger partial charge in [-0.2, -0.15) is 10.4 Å². The second-order valence-electron chi connectivity index (χ2n) is 5.39. The number of nitrogens with one attached hydrogen (secondary N) is 1. The first kappa shape index (κ1) is 13.0. The zero-order chi connectivity index (χ0) is 14.1. The second-order valence-corrected chi connectivity index (χ2v) is 5.39. The number of hydrogen-bond donors (Lipinski definition) is 1. The molecule has 2 unspecified atom stereocenters. The molecule has 1 saturated heterocycles. The third-order valence-corrected chi connectivity index (χ3v) is 4.00. The van der Waals surface area contributed by atoms with Crippen LogP contribution in [0.15, 0.2) is 24.5 Å². The summed E-state index contributed by atoms with van der Waals surface area (Å²) in [4.78, 5) is 1.83. The molecule has 1 fully saturated rings. The number of fused-ring (bicyclic) bond motifs is 1. The number of aromatic nitrogens is 2. The van der Waals surface area contributed by atoms with E-state index < -0.39 is 0 Å². The van der Waals surface area contributed by atoms with Gasteiger partial charge in [0.25, 0.3) is 0 Å². The lowest BCUT2D eigenvalue weighted by atomic mass is 9.91. The van der Waals surface area contributed by atoms with Crippen molar-refractivity contribution in [3.05, 3.63) is 30.1 Å². The lowest BCUT2D eigenvalue weighted by Gasteiger charge is -2.36. The van der Waals surface area contributed by atoms with Crippen LogP contribution in [-0.2, 0) is 0 Å². The highest BCUT2D eigenvalue weighted by Gasteiger charge is 2.25. The van der Waals surface area contributed by atoms with Crippen LogP contribution in [0.2, 0.25) is 0 Å². The average Bonchev–Trinajstić information content (AvgIpc) is 2.92. The zero-order valence-electron chi connectivity index (χ0n) is 11.5. The second kappa shape index (κ2) is 5.18. The fourth-order valence-electron chi connectivity index (χ4n) is 2.70. The molecule has 0 saturated carbocycles. The van der Waals surface area contributed by atoms with E-state index in [4.69, 9.17) is 7.98 Å². The standard InChI is InChI=1S/C14H16BN5/c1-10-4-6-19(15)9-12(10)18-14-11(7-16)8-17-20-5-2-3-13(14)20/h2-3,5,8,10,12,18H,4,6,9H2,1H3. The Labute approximate surface area is 119 Å². The van der Waals surface area contributed by atoms with E-state index in [9.17, 15) is 5.26 Å². The predicted octanol–water partition coefficient (Wildman–Crippen LogP) is 1.41. The summed E-state index contributed by atoms with van der Waals surface area (Å²) in [6.45, 7) is 3.91. The molecule has 5 nitrogen and oxygen atoms in total. The zero-order valence-corrected chi connectivity index (χ0v) is 11.5. The highest BCUT2D eigenvalue weighted by molar-refractivity contribution is 6.04. The quantitative estimate of drug-likeness (QED) is 0.834. The van der Waals surface area contributed by atoms with E-state index in [0.29, 0.717) is 11.5 Å². The fraction of sp³-hybridized carbons (Fsp3) is 0.429. The fourth-order valence-corrected chi connectivity index (χ4v) is 2.70. The van der Waals surface area contributed by atoms with E-state index >= 15 is 0 Å². The van der Waals surface area contributed by atoms with E-state index in [1.807, 2.05) is 23.1 Å². The van der Waals surface area contributed by atoms with Crippen molar-refractivity contribution in [2.45, 2.75) is 19.4 Å².